The molecule has 0 unspecified atom stereocenters. The van der Waals surface area contributed by atoms with Gasteiger partial charge in [0.2, 0.25) is 0 Å². The highest BCUT2D eigenvalue weighted by Crippen LogP contribution is 2.16. The smallest absolute Gasteiger partial charge is 0.339 e. The minimum Gasteiger partial charge on any atom is -0.466 e. The normalized spacial score (nSPS) is 11.3. The Bertz CT molecular complexity index is 612. The lowest BCUT2D eigenvalue weighted by molar-refractivity contribution is -0.149. The topological polar surface area (TPSA) is 91.8 Å². The number of Topliss-reactive ketones (excluding diaryl/α,β-unsaturated/α-hetero) is 1. The van der Waals surface area contributed by atoms with Crippen molar-refractivity contribution in [2.75, 3.05) is 19.8 Å². The summed E-state index contributed by atoms with van der Waals surface area (Å²) in [6.45, 7) is 8.18. The van der Waals surface area contributed by atoms with Crippen LogP contribution in [0.3, 0.4) is 0 Å². The third-order valence-corrected chi connectivity index (χ3v) is 3.69. The predicted octanol–water partition coefficient (Wildman–Crippen LogP) is 2.97. The molecule has 0 radical (unpaired) electrons. The number of ether oxygens (including phenoxy) is 3. The Morgan fingerprint density at radius 3 is 2.44 bits per heavy atom. The predicted molar refractivity (Wildman–Crippen MR) is 99.2 cm³/mol. The lowest BCUT2D eigenvalue weighted by Gasteiger charge is -2.24. The first-order valence-electron chi connectivity index (χ1n) is 9.12. The van der Waals surface area contributed by atoms with E-state index in [9.17, 15) is 14.4 Å². The van der Waals surface area contributed by atoms with Crippen molar-refractivity contribution in [1.82, 2.24) is 4.98 Å². The third kappa shape index (κ3) is 9.28. The second-order valence-electron chi connectivity index (χ2n) is 7.09. The van der Waals surface area contributed by atoms with Gasteiger partial charge in [0.1, 0.15) is 5.60 Å². The summed E-state index contributed by atoms with van der Waals surface area (Å²) in [5.41, 5.74) is -0.541. The minimum atomic E-state index is -0.912. The maximum Gasteiger partial charge on any atom is 0.339 e. The number of carbonyl (C=O) groups excluding carboxylic acids is 3. The van der Waals surface area contributed by atoms with E-state index in [2.05, 4.69) is 4.98 Å². The van der Waals surface area contributed by atoms with Crippen molar-refractivity contribution < 1.29 is 28.6 Å². The minimum absolute atomic E-state index is 0.00275. The van der Waals surface area contributed by atoms with Crippen molar-refractivity contribution in [2.24, 2.45) is 5.92 Å². The summed E-state index contributed by atoms with van der Waals surface area (Å²) < 4.78 is 15.7. The van der Waals surface area contributed by atoms with Gasteiger partial charge in [0, 0.05) is 25.2 Å². The number of pyridine rings is 1. The summed E-state index contributed by atoms with van der Waals surface area (Å²) >= 11 is 0. The number of ketones is 1. The van der Waals surface area contributed by atoms with Crippen LogP contribution in [0.4, 0.5) is 0 Å². The highest BCUT2D eigenvalue weighted by Gasteiger charge is 2.28. The Morgan fingerprint density at radius 1 is 1.11 bits per heavy atom. The van der Waals surface area contributed by atoms with E-state index in [-0.39, 0.29) is 31.8 Å². The second-order valence-corrected chi connectivity index (χ2v) is 7.09. The summed E-state index contributed by atoms with van der Waals surface area (Å²) in [4.78, 5) is 39.4. The van der Waals surface area contributed by atoms with Crippen LogP contribution in [0, 0.1) is 5.92 Å². The van der Waals surface area contributed by atoms with E-state index in [1.54, 1.807) is 32.2 Å². The highest BCUT2D eigenvalue weighted by atomic mass is 16.5. The molecule has 1 aromatic heterocycles. The molecule has 0 fully saturated rings. The molecule has 0 spiro atoms. The summed E-state index contributed by atoms with van der Waals surface area (Å²) in [6.07, 6.45) is 3.45. The number of aromatic nitrogens is 1. The largest absolute Gasteiger partial charge is 0.466 e. The average molecular weight is 379 g/mol. The lowest BCUT2D eigenvalue weighted by atomic mass is 9.99. The number of hydrogen-bond acceptors (Lipinski definition) is 7. The molecule has 0 aliphatic carbocycles. The van der Waals surface area contributed by atoms with Crippen molar-refractivity contribution in [1.29, 1.82) is 0 Å². The van der Waals surface area contributed by atoms with Crippen LogP contribution in [-0.4, -0.2) is 48.1 Å². The van der Waals surface area contributed by atoms with Crippen LogP contribution >= 0.6 is 0 Å². The van der Waals surface area contributed by atoms with Crippen LogP contribution in [0.25, 0.3) is 0 Å². The fourth-order valence-corrected chi connectivity index (χ4v) is 2.02. The molecule has 0 saturated carbocycles. The van der Waals surface area contributed by atoms with Gasteiger partial charge in [-0.25, -0.2) is 4.79 Å². The van der Waals surface area contributed by atoms with Crippen molar-refractivity contribution in [3.63, 3.8) is 0 Å². The number of esters is 2. The molecule has 0 saturated heterocycles. The zero-order valence-corrected chi connectivity index (χ0v) is 16.5. The molecule has 1 rings (SSSR count). The van der Waals surface area contributed by atoms with Gasteiger partial charge in [-0.15, -0.1) is 0 Å². The summed E-state index contributed by atoms with van der Waals surface area (Å²) in [7, 11) is 0. The maximum absolute atomic E-state index is 12.2. The molecule has 7 heteroatoms. The van der Waals surface area contributed by atoms with E-state index in [0.717, 1.165) is 0 Å². The Labute approximate surface area is 160 Å². The standard InChI is InChI=1S/C20H29NO6/c1-15(2)14-27-20(3,4)17(22)8-9-18(23)25-11-6-12-26-19(24)16-7-5-10-21-13-16/h5,7,10,13,15H,6,8-9,11-12,14H2,1-4H3. The number of nitrogens with zero attached hydrogens (tertiary/aromatic N) is 1. The van der Waals surface area contributed by atoms with E-state index < -0.39 is 17.5 Å². The van der Waals surface area contributed by atoms with Crippen molar-refractivity contribution in [2.45, 2.75) is 52.6 Å². The van der Waals surface area contributed by atoms with Gasteiger partial charge in [-0.05, 0) is 31.9 Å². The summed E-state index contributed by atoms with van der Waals surface area (Å²) in [5.74, 6) is -0.731. The molecule has 27 heavy (non-hydrogen) atoms. The first kappa shape index (κ1) is 22.8. The fraction of sp³-hybridized carbons (Fsp3) is 0.600. The highest BCUT2D eigenvalue weighted by molar-refractivity contribution is 5.89. The van der Waals surface area contributed by atoms with Crippen LogP contribution in [0.1, 0.15) is 57.3 Å². The quantitative estimate of drug-likeness (QED) is 0.407. The van der Waals surface area contributed by atoms with Crippen LogP contribution in [0.2, 0.25) is 0 Å². The summed E-state index contributed by atoms with van der Waals surface area (Å²) in [6, 6.07) is 3.26. The summed E-state index contributed by atoms with van der Waals surface area (Å²) in [5, 5.41) is 0. The van der Waals surface area contributed by atoms with Crippen LogP contribution < -0.4 is 0 Å². The molecule has 0 bridgehead atoms. The zero-order valence-electron chi connectivity index (χ0n) is 16.5. The molecular weight excluding hydrogens is 350 g/mol. The Hall–Kier alpha value is -2.28. The van der Waals surface area contributed by atoms with Crippen molar-refractivity contribution >= 4 is 17.7 Å². The van der Waals surface area contributed by atoms with Gasteiger partial charge in [-0.3, -0.25) is 14.6 Å². The van der Waals surface area contributed by atoms with E-state index in [1.165, 1.54) is 6.20 Å². The molecule has 7 nitrogen and oxygen atoms in total. The monoisotopic (exact) mass is 379 g/mol. The fourth-order valence-electron chi connectivity index (χ4n) is 2.02. The third-order valence-electron chi connectivity index (χ3n) is 3.69. The molecule has 0 aliphatic rings. The van der Waals surface area contributed by atoms with Gasteiger partial charge in [-0.1, -0.05) is 13.8 Å². The molecule has 0 amide bonds. The zero-order chi connectivity index (χ0) is 20.3. The van der Waals surface area contributed by atoms with Gasteiger partial charge in [0.25, 0.3) is 0 Å². The van der Waals surface area contributed by atoms with Gasteiger partial charge in [0.05, 0.1) is 31.8 Å². The molecule has 0 aromatic carbocycles. The van der Waals surface area contributed by atoms with E-state index in [1.807, 2.05) is 13.8 Å². The molecular formula is C20H29NO6. The van der Waals surface area contributed by atoms with Gasteiger partial charge < -0.3 is 14.2 Å². The second kappa shape index (κ2) is 11.4. The van der Waals surface area contributed by atoms with Crippen LogP contribution in [-0.2, 0) is 23.8 Å². The maximum atomic E-state index is 12.2. The van der Waals surface area contributed by atoms with Gasteiger partial charge in [0.15, 0.2) is 5.78 Å². The molecule has 0 N–H and O–H groups in total. The number of rotatable bonds is 12. The molecule has 1 heterocycles. The van der Waals surface area contributed by atoms with E-state index in [4.69, 9.17) is 14.2 Å². The molecule has 0 atom stereocenters. The van der Waals surface area contributed by atoms with Gasteiger partial charge >= 0.3 is 11.9 Å². The Kier molecular flexibility index (Phi) is 9.64. The Balaban J connectivity index is 2.16. The lowest BCUT2D eigenvalue weighted by Crippen LogP contribution is -2.36. The SMILES string of the molecule is CC(C)COC(C)(C)C(=O)CCC(=O)OCCCOC(=O)c1cccnc1. The van der Waals surface area contributed by atoms with Crippen molar-refractivity contribution in [3.8, 4) is 0 Å². The van der Waals surface area contributed by atoms with Crippen LogP contribution in [0.15, 0.2) is 24.5 Å². The van der Waals surface area contributed by atoms with Crippen molar-refractivity contribution in [3.05, 3.63) is 30.1 Å². The number of hydrogen-bond donors (Lipinski definition) is 0. The first-order valence-corrected chi connectivity index (χ1v) is 9.12. The van der Waals surface area contributed by atoms with E-state index >= 15 is 0 Å². The van der Waals surface area contributed by atoms with Crippen LogP contribution in [0.5, 0.6) is 0 Å². The van der Waals surface area contributed by atoms with Gasteiger partial charge in [-0.2, -0.15) is 0 Å². The first-order chi connectivity index (χ1) is 12.7. The number of carbonyl (C=O) groups is 3. The average Bonchev–Trinajstić information content (AvgIpc) is 2.64. The van der Waals surface area contributed by atoms with E-state index in [0.29, 0.717) is 24.5 Å². The molecule has 0 aliphatic heterocycles. The Morgan fingerprint density at radius 2 is 1.81 bits per heavy atom. The molecule has 150 valence electrons. The molecule has 1 aromatic rings.